The number of amides is 1. The molecule has 3 rings (SSSR count). The summed E-state index contributed by atoms with van der Waals surface area (Å²) in [6.45, 7) is 3.52. The van der Waals surface area contributed by atoms with Gasteiger partial charge >= 0.3 is 0 Å². The van der Waals surface area contributed by atoms with E-state index in [9.17, 15) is 4.79 Å². The van der Waals surface area contributed by atoms with E-state index in [2.05, 4.69) is 15.6 Å². The highest BCUT2D eigenvalue weighted by molar-refractivity contribution is 5.80. The number of carbonyl (C=O) groups is 1. The molecule has 1 unspecified atom stereocenters. The number of pyridine rings is 1. The highest BCUT2D eigenvalue weighted by Crippen LogP contribution is 2.27. The maximum atomic E-state index is 12.6. The summed E-state index contributed by atoms with van der Waals surface area (Å²) in [6.07, 6.45) is 1.79. The summed E-state index contributed by atoms with van der Waals surface area (Å²) < 4.78 is 0. The fourth-order valence-electron chi connectivity index (χ4n) is 3.01. The Bertz CT molecular complexity index is 615. The Morgan fingerprint density at radius 1 is 1.18 bits per heavy atom. The quantitative estimate of drug-likeness (QED) is 0.909. The van der Waals surface area contributed by atoms with Crippen LogP contribution in [0.3, 0.4) is 0 Å². The molecular weight excluding hydrogens is 274 g/mol. The molecule has 3 atom stereocenters. The molecule has 1 fully saturated rings. The van der Waals surface area contributed by atoms with E-state index < -0.39 is 0 Å². The van der Waals surface area contributed by atoms with Crippen molar-refractivity contribution in [3.05, 3.63) is 66.0 Å². The molecule has 0 radical (unpaired) electrons. The van der Waals surface area contributed by atoms with E-state index in [0.717, 1.165) is 17.8 Å². The lowest BCUT2D eigenvalue weighted by atomic mass is 9.91. The van der Waals surface area contributed by atoms with Crippen molar-refractivity contribution in [2.45, 2.75) is 18.9 Å². The number of benzene rings is 1. The highest BCUT2D eigenvalue weighted by Gasteiger charge is 2.35. The first-order valence-electron chi connectivity index (χ1n) is 7.72. The zero-order chi connectivity index (χ0) is 15.4. The van der Waals surface area contributed by atoms with Gasteiger partial charge in [-0.15, -0.1) is 0 Å². The SMILES string of the molecule is C[C@H](NC(=O)C1CNC[C@H]1c1ccccn1)c1ccccc1. The Morgan fingerprint density at radius 2 is 1.95 bits per heavy atom. The van der Waals surface area contributed by atoms with E-state index in [4.69, 9.17) is 0 Å². The molecule has 22 heavy (non-hydrogen) atoms. The summed E-state index contributed by atoms with van der Waals surface area (Å²) in [6, 6.07) is 15.9. The zero-order valence-electron chi connectivity index (χ0n) is 12.7. The van der Waals surface area contributed by atoms with Gasteiger partial charge in [-0.25, -0.2) is 0 Å². The predicted molar refractivity (Wildman–Crippen MR) is 86.3 cm³/mol. The molecule has 2 N–H and O–H groups in total. The number of hydrogen-bond acceptors (Lipinski definition) is 3. The van der Waals surface area contributed by atoms with Crippen LogP contribution >= 0.6 is 0 Å². The standard InChI is InChI=1S/C18H21N3O/c1-13(14-7-3-2-4-8-14)21-18(22)16-12-19-11-15(16)17-9-5-6-10-20-17/h2-10,13,15-16,19H,11-12H2,1H3,(H,21,22)/t13-,15+,16?/m0/s1. The van der Waals surface area contributed by atoms with Gasteiger partial charge in [-0.05, 0) is 24.6 Å². The van der Waals surface area contributed by atoms with Gasteiger partial charge < -0.3 is 10.6 Å². The van der Waals surface area contributed by atoms with Crippen LogP contribution in [0.1, 0.15) is 30.1 Å². The van der Waals surface area contributed by atoms with Gasteiger partial charge in [-0.2, -0.15) is 0 Å². The molecule has 1 aromatic carbocycles. The largest absolute Gasteiger partial charge is 0.349 e. The molecule has 1 amide bonds. The molecule has 4 heteroatoms. The van der Waals surface area contributed by atoms with Crippen molar-refractivity contribution >= 4 is 5.91 Å². The zero-order valence-corrected chi connectivity index (χ0v) is 12.7. The van der Waals surface area contributed by atoms with Crippen LogP contribution in [-0.4, -0.2) is 24.0 Å². The highest BCUT2D eigenvalue weighted by atomic mass is 16.2. The van der Waals surface area contributed by atoms with Crippen LogP contribution in [0.4, 0.5) is 0 Å². The Kier molecular flexibility index (Phi) is 4.49. The Hall–Kier alpha value is -2.20. The summed E-state index contributed by atoms with van der Waals surface area (Å²) in [5, 5.41) is 6.45. The van der Waals surface area contributed by atoms with E-state index in [-0.39, 0.29) is 23.8 Å². The predicted octanol–water partition coefficient (Wildman–Crippen LogP) is 2.26. The maximum Gasteiger partial charge on any atom is 0.225 e. The van der Waals surface area contributed by atoms with Gasteiger partial charge in [0.2, 0.25) is 5.91 Å². The molecule has 1 aliphatic rings. The van der Waals surface area contributed by atoms with Crippen LogP contribution in [0.5, 0.6) is 0 Å². The smallest absolute Gasteiger partial charge is 0.225 e. The first kappa shape index (κ1) is 14.7. The molecule has 1 saturated heterocycles. The van der Waals surface area contributed by atoms with Gasteiger partial charge in [0.25, 0.3) is 0 Å². The van der Waals surface area contributed by atoms with Crippen molar-refractivity contribution < 1.29 is 4.79 Å². The van der Waals surface area contributed by atoms with Crippen LogP contribution < -0.4 is 10.6 Å². The van der Waals surface area contributed by atoms with Gasteiger partial charge in [0.1, 0.15) is 0 Å². The molecule has 2 heterocycles. The van der Waals surface area contributed by atoms with Crippen molar-refractivity contribution in [3.63, 3.8) is 0 Å². The summed E-state index contributed by atoms with van der Waals surface area (Å²) in [5.41, 5.74) is 2.11. The van der Waals surface area contributed by atoms with Gasteiger partial charge in [0.15, 0.2) is 0 Å². The van der Waals surface area contributed by atoms with Gasteiger partial charge in [0.05, 0.1) is 12.0 Å². The van der Waals surface area contributed by atoms with Crippen molar-refractivity contribution in [1.29, 1.82) is 0 Å². The van der Waals surface area contributed by atoms with Gasteiger partial charge in [0, 0.05) is 30.9 Å². The van der Waals surface area contributed by atoms with Crippen LogP contribution in [0.2, 0.25) is 0 Å². The lowest BCUT2D eigenvalue weighted by molar-refractivity contribution is -0.125. The molecule has 114 valence electrons. The molecular formula is C18H21N3O. The topological polar surface area (TPSA) is 54.0 Å². The number of hydrogen-bond donors (Lipinski definition) is 2. The minimum atomic E-state index is -0.0685. The molecule has 0 bridgehead atoms. The average molecular weight is 295 g/mol. The van der Waals surface area contributed by atoms with Crippen molar-refractivity contribution in [2.24, 2.45) is 5.92 Å². The summed E-state index contributed by atoms with van der Waals surface area (Å²) in [4.78, 5) is 17.0. The molecule has 0 aliphatic carbocycles. The normalized spacial score (nSPS) is 22.2. The first-order chi connectivity index (χ1) is 10.8. The van der Waals surface area contributed by atoms with Crippen molar-refractivity contribution in [3.8, 4) is 0 Å². The van der Waals surface area contributed by atoms with Gasteiger partial charge in [-0.3, -0.25) is 9.78 Å². The number of carbonyl (C=O) groups excluding carboxylic acids is 1. The fraction of sp³-hybridized carbons (Fsp3) is 0.333. The third-order valence-corrected chi connectivity index (χ3v) is 4.28. The van der Waals surface area contributed by atoms with Crippen LogP contribution in [0.15, 0.2) is 54.7 Å². The van der Waals surface area contributed by atoms with E-state index in [1.54, 1.807) is 6.20 Å². The van der Waals surface area contributed by atoms with Gasteiger partial charge in [-0.1, -0.05) is 36.4 Å². The molecule has 4 nitrogen and oxygen atoms in total. The second kappa shape index (κ2) is 6.71. The van der Waals surface area contributed by atoms with Crippen LogP contribution in [0.25, 0.3) is 0 Å². The second-order valence-corrected chi connectivity index (χ2v) is 5.77. The number of aromatic nitrogens is 1. The fourth-order valence-corrected chi connectivity index (χ4v) is 3.01. The lowest BCUT2D eigenvalue weighted by Crippen LogP contribution is -2.36. The Labute approximate surface area is 131 Å². The monoisotopic (exact) mass is 295 g/mol. The molecule has 2 aromatic rings. The van der Waals surface area contributed by atoms with E-state index in [1.807, 2.05) is 55.5 Å². The third kappa shape index (κ3) is 3.17. The molecule has 1 aliphatic heterocycles. The van der Waals surface area contributed by atoms with Crippen LogP contribution in [0, 0.1) is 5.92 Å². The van der Waals surface area contributed by atoms with E-state index in [0.29, 0.717) is 6.54 Å². The minimum absolute atomic E-state index is 0.0127. The van der Waals surface area contributed by atoms with E-state index >= 15 is 0 Å². The average Bonchev–Trinajstić information content (AvgIpc) is 3.06. The summed E-state index contributed by atoms with van der Waals surface area (Å²) in [7, 11) is 0. The molecule has 0 spiro atoms. The van der Waals surface area contributed by atoms with E-state index in [1.165, 1.54) is 0 Å². The molecule has 1 aromatic heterocycles. The summed E-state index contributed by atoms with van der Waals surface area (Å²) >= 11 is 0. The number of nitrogens with zero attached hydrogens (tertiary/aromatic N) is 1. The second-order valence-electron chi connectivity index (χ2n) is 5.77. The number of nitrogens with one attached hydrogen (secondary N) is 2. The number of rotatable bonds is 4. The summed E-state index contributed by atoms with van der Waals surface area (Å²) in [5.74, 6) is 0.169. The third-order valence-electron chi connectivity index (χ3n) is 4.28. The van der Waals surface area contributed by atoms with Crippen molar-refractivity contribution in [2.75, 3.05) is 13.1 Å². The maximum absolute atomic E-state index is 12.6. The van der Waals surface area contributed by atoms with Crippen LogP contribution in [-0.2, 0) is 4.79 Å². The Balaban J connectivity index is 1.69. The minimum Gasteiger partial charge on any atom is -0.349 e. The Morgan fingerprint density at radius 3 is 2.68 bits per heavy atom. The first-order valence-corrected chi connectivity index (χ1v) is 7.72. The van der Waals surface area contributed by atoms with Crippen molar-refractivity contribution in [1.82, 2.24) is 15.6 Å². The molecule has 0 saturated carbocycles. The lowest BCUT2D eigenvalue weighted by Gasteiger charge is -2.21.